The number of thioether (sulfide) groups is 1. The lowest BCUT2D eigenvalue weighted by molar-refractivity contribution is -0.130. The van der Waals surface area contributed by atoms with Crippen LogP contribution in [0, 0.1) is 12.8 Å². The Bertz CT molecular complexity index is 1280. The molecule has 0 radical (unpaired) electrons. The van der Waals surface area contributed by atoms with Crippen molar-refractivity contribution in [2.45, 2.75) is 57.0 Å². The first kappa shape index (κ1) is 24.4. The summed E-state index contributed by atoms with van der Waals surface area (Å²) in [6.45, 7) is 7.69. The smallest absolute Gasteiger partial charge is 0.332 e. The highest BCUT2D eigenvalue weighted by molar-refractivity contribution is 8.00. The lowest BCUT2D eigenvalue weighted by Gasteiger charge is -2.26. The number of hydrogen-bond acceptors (Lipinski definition) is 8. The molecule has 10 nitrogen and oxygen atoms in total. The van der Waals surface area contributed by atoms with E-state index in [1.807, 2.05) is 13.8 Å². The number of fused-ring (bicyclic) bond motifs is 1. The van der Waals surface area contributed by atoms with Crippen LogP contribution >= 0.6 is 11.8 Å². The molecule has 3 heterocycles. The Balaban J connectivity index is 2.02. The summed E-state index contributed by atoms with van der Waals surface area (Å²) in [6.07, 6.45) is 0.416. The molecule has 1 aliphatic heterocycles. The maximum atomic E-state index is 13.0. The zero-order valence-electron chi connectivity index (χ0n) is 19.2. The molecule has 1 aliphatic rings. The van der Waals surface area contributed by atoms with Crippen LogP contribution in [-0.4, -0.2) is 68.2 Å². The van der Waals surface area contributed by atoms with Crippen LogP contribution < -0.4 is 11.2 Å². The third kappa shape index (κ3) is 4.75. The summed E-state index contributed by atoms with van der Waals surface area (Å²) in [5, 5.41) is -0.0796. The van der Waals surface area contributed by atoms with Gasteiger partial charge < -0.3 is 4.90 Å². The summed E-state index contributed by atoms with van der Waals surface area (Å²) in [6, 6.07) is -0.358. The van der Waals surface area contributed by atoms with Crippen LogP contribution in [0.5, 0.6) is 0 Å². The van der Waals surface area contributed by atoms with Crippen molar-refractivity contribution in [2.75, 3.05) is 18.6 Å². The zero-order chi connectivity index (χ0) is 24.0. The van der Waals surface area contributed by atoms with Crippen LogP contribution in [0.3, 0.4) is 0 Å². The van der Waals surface area contributed by atoms with Gasteiger partial charge in [-0.3, -0.25) is 18.7 Å². The minimum absolute atomic E-state index is 0.0375. The summed E-state index contributed by atoms with van der Waals surface area (Å²) in [7, 11) is -0.101. The standard InChI is InChI=1S/C20H29N5O5S2/c1-11(2)9-25-16-15(19(27)24(6)20(25)28)17(22-13(4)21-16)31-12(3)18(26)23(5)14-7-8-32(29,30)10-14/h11-12,14H,7-10H2,1-6H3. The molecule has 176 valence electrons. The van der Waals surface area contributed by atoms with E-state index in [1.54, 1.807) is 20.9 Å². The predicted octanol–water partition coefficient (Wildman–Crippen LogP) is 0.581. The van der Waals surface area contributed by atoms with Crippen molar-refractivity contribution in [3.63, 3.8) is 0 Å². The van der Waals surface area contributed by atoms with Crippen LogP contribution in [0.1, 0.15) is 33.0 Å². The normalized spacial score (nSPS) is 18.9. The van der Waals surface area contributed by atoms with Gasteiger partial charge in [0.15, 0.2) is 15.5 Å². The molecular formula is C20H29N5O5S2. The summed E-state index contributed by atoms with van der Waals surface area (Å²) < 4.78 is 26.1. The van der Waals surface area contributed by atoms with Gasteiger partial charge in [-0.15, -0.1) is 0 Å². The number of nitrogens with zero attached hydrogens (tertiary/aromatic N) is 5. The van der Waals surface area contributed by atoms with Gasteiger partial charge in [-0.25, -0.2) is 23.2 Å². The Labute approximate surface area is 191 Å². The summed E-state index contributed by atoms with van der Waals surface area (Å²) in [4.78, 5) is 49.0. The highest BCUT2D eigenvalue weighted by Crippen LogP contribution is 2.28. The molecule has 0 bridgehead atoms. The first-order valence-electron chi connectivity index (χ1n) is 10.4. The van der Waals surface area contributed by atoms with E-state index in [4.69, 9.17) is 0 Å². The van der Waals surface area contributed by atoms with Crippen LogP contribution in [0.15, 0.2) is 14.6 Å². The molecule has 0 saturated carbocycles. The van der Waals surface area contributed by atoms with Gasteiger partial charge in [-0.05, 0) is 26.2 Å². The Kier molecular flexibility index (Phi) is 6.85. The number of carbonyl (C=O) groups excluding carboxylic acids is 1. The summed E-state index contributed by atoms with van der Waals surface area (Å²) in [5.41, 5.74) is -0.698. The maximum Gasteiger partial charge on any atom is 0.332 e. The van der Waals surface area contributed by atoms with Gasteiger partial charge >= 0.3 is 5.69 Å². The molecular weight excluding hydrogens is 454 g/mol. The number of aromatic nitrogens is 4. The SMILES string of the molecule is Cc1nc(SC(C)C(=O)N(C)C2CCS(=O)(=O)C2)c2c(=O)n(C)c(=O)n(CC(C)C)c2n1. The second-order valence-electron chi connectivity index (χ2n) is 8.69. The van der Waals surface area contributed by atoms with Crippen LogP contribution in [0.2, 0.25) is 0 Å². The molecule has 0 spiro atoms. The largest absolute Gasteiger partial charge is 0.341 e. The van der Waals surface area contributed by atoms with E-state index < -0.39 is 26.3 Å². The van der Waals surface area contributed by atoms with E-state index in [1.165, 1.54) is 16.5 Å². The Morgan fingerprint density at radius 2 is 1.91 bits per heavy atom. The molecule has 2 aromatic rings. The summed E-state index contributed by atoms with van der Waals surface area (Å²) >= 11 is 1.12. The number of amides is 1. The van der Waals surface area contributed by atoms with E-state index in [-0.39, 0.29) is 40.4 Å². The molecule has 0 aromatic carbocycles. The molecule has 0 N–H and O–H groups in total. The van der Waals surface area contributed by atoms with Gasteiger partial charge in [-0.1, -0.05) is 25.6 Å². The van der Waals surface area contributed by atoms with Crippen molar-refractivity contribution in [1.29, 1.82) is 0 Å². The van der Waals surface area contributed by atoms with E-state index in [0.717, 1.165) is 16.3 Å². The second-order valence-corrected chi connectivity index (χ2v) is 12.3. The van der Waals surface area contributed by atoms with E-state index in [2.05, 4.69) is 9.97 Å². The van der Waals surface area contributed by atoms with Gasteiger partial charge in [-0.2, -0.15) is 0 Å². The number of sulfone groups is 1. The second kappa shape index (κ2) is 8.97. The fourth-order valence-corrected chi connectivity index (χ4v) is 6.68. The Morgan fingerprint density at radius 1 is 1.25 bits per heavy atom. The number of hydrogen-bond donors (Lipinski definition) is 0. The predicted molar refractivity (Wildman–Crippen MR) is 124 cm³/mol. The van der Waals surface area contributed by atoms with Crippen LogP contribution in [0.25, 0.3) is 11.0 Å². The highest BCUT2D eigenvalue weighted by atomic mass is 32.2. The van der Waals surface area contributed by atoms with Gasteiger partial charge in [0, 0.05) is 26.7 Å². The van der Waals surface area contributed by atoms with E-state index in [9.17, 15) is 22.8 Å². The fraction of sp³-hybridized carbons (Fsp3) is 0.650. The minimum Gasteiger partial charge on any atom is -0.341 e. The number of aryl methyl sites for hydroxylation is 1. The summed E-state index contributed by atoms with van der Waals surface area (Å²) in [5.74, 6) is 0.339. The lowest BCUT2D eigenvalue weighted by atomic mass is 10.2. The first-order valence-corrected chi connectivity index (χ1v) is 13.1. The van der Waals surface area contributed by atoms with Crippen LogP contribution in [-0.2, 0) is 28.2 Å². The molecule has 32 heavy (non-hydrogen) atoms. The number of rotatable bonds is 6. The molecule has 0 aliphatic carbocycles. The molecule has 1 fully saturated rings. The van der Waals surface area contributed by atoms with Crippen molar-refractivity contribution in [1.82, 2.24) is 24.0 Å². The Morgan fingerprint density at radius 3 is 2.47 bits per heavy atom. The van der Waals surface area contributed by atoms with Crippen molar-refractivity contribution < 1.29 is 13.2 Å². The molecule has 2 atom stereocenters. The lowest BCUT2D eigenvalue weighted by Crippen LogP contribution is -2.42. The minimum atomic E-state index is -3.12. The van der Waals surface area contributed by atoms with E-state index in [0.29, 0.717) is 23.8 Å². The van der Waals surface area contributed by atoms with Gasteiger partial charge in [0.2, 0.25) is 5.91 Å². The zero-order valence-corrected chi connectivity index (χ0v) is 20.8. The maximum absolute atomic E-state index is 13.0. The van der Waals surface area contributed by atoms with Crippen LogP contribution in [0.4, 0.5) is 0 Å². The van der Waals surface area contributed by atoms with Gasteiger partial charge in [0.1, 0.15) is 16.2 Å². The molecule has 1 amide bonds. The van der Waals surface area contributed by atoms with Gasteiger partial charge in [0.05, 0.1) is 16.8 Å². The quantitative estimate of drug-likeness (QED) is 0.432. The molecule has 2 unspecified atom stereocenters. The third-order valence-electron chi connectivity index (χ3n) is 5.55. The average molecular weight is 484 g/mol. The molecule has 1 saturated heterocycles. The monoisotopic (exact) mass is 483 g/mol. The van der Waals surface area contributed by atoms with Crippen molar-refractivity contribution >= 4 is 38.5 Å². The fourth-order valence-electron chi connectivity index (χ4n) is 3.82. The average Bonchev–Trinajstić information content (AvgIpc) is 3.07. The highest BCUT2D eigenvalue weighted by Gasteiger charge is 2.34. The molecule has 3 rings (SSSR count). The van der Waals surface area contributed by atoms with Crippen molar-refractivity contribution in [3.8, 4) is 0 Å². The van der Waals surface area contributed by atoms with E-state index >= 15 is 0 Å². The topological polar surface area (TPSA) is 124 Å². The first-order chi connectivity index (χ1) is 14.8. The van der Waals surface area contributed by atoms with Crippen molar-refractivity contribution in [2.24, 2.45) is 13.0 Å². The molecule has 12 heteroatoms. The van der Waals surface area contributed by atoms with Gasteiger partial charge in [0.25, 0.3) is 5.56 Å². The Hall–Kier alpha value is -2.21. The molecule has 2 aromatic heterocycles. The number of carbonyl (C=O) groups is 1. The van der Waals surface area contributed by atoms with Crippen molar-refractivity contribution in [3.05, 3.63) is 26.7 Å². The third-order valence-corrected chi connectivity index (χ3v) is 8.37.